The van der Waals surface area contributed by atoms with Crippen molar-refractivity contribution in [3.05, 3.63) is 75.9 Å². The van der Waals surface area contributed by atoms with E-state index in [1.165, 1.54) is 0 Å². The SMILES string of the molecule is Cc1ccc(-c2c(C)c3c(c(C)c2[C@H](OC(C)(C)C)C(=O)O)S(=O)(=O)CC2C=C(F)C=C(F)C32)cc1. The Labute approximate surface area is 210 Å². The number of rotatable bonds is 4. The zero-order valence-electron chi connectivity index (χ0n) is 21.1. The van der Waals surface area contributed by atoms with Crippen molar-refractivity contribution in [2.45, 2.75) is 64.1 Å². The maximum absolute atomic E-state index is 15.3. The van der Waals surface area contributed by atoms with E-state index in [1.807, 2.05) is 31.2 Å². The summed E-state index contributed by atoms with van der Waals surface area (Å²) >= 11 is 0. The minimum atomic E-state index is -4.00. The maximum atomic E-state index is 15.3. The number of fused-ring (bicyclic) bond motifs is 3. The van der Waals surface area contributed by atoms with Crippen LogP contribution in [0.4, 0.5) is 8.78 Å². The van der Waals surface area contributed by atoms with Crippen molar-refractivity contribution in [2.24, 2.45) is 5.92 Å². The smallest absolute Gasteiger partial charge is 0.337 e. The molecule has 1 aliphatic heterocycles. The number of allylic oxidation sites excluding steroid dienone is 4. The normalized spacial score (nSPS) is 21.7. The molecule has 5 nitrogen and oxygen atoms in total. The number of hydrogen-bond donors (Lipinski definition) is 1. The van der Waals surface area contributed by atoms with Gasteiger partial charge in [-0.1, -0.05) is 29.8 Å². The van der Waals surface area contributed by atoms with E-state index in [-0.39, 0.29) is 21.6 Å². The second-order valence-electron chi connectivity index (χ2n) is 10.6. The highest BCUT2D eigenvalue weighted by atomic mass is 32.2. The number of carboxylic acids is 1. The van der Waals surface area contributed by atoms with Crippen molar-refractivity contribution in [1.29, 1.82) is 0 Å². The fourth-order valence-corrected chi connectivity index (χ4v) is 7.56. The molecule has 4 rings (SSSR count). The van der Waals surface area contributed by atoms with E-state index >= 15 is 4.39 Å². The molecule has 0 bridgehead atoms. The molecule has 36 heavy (non-hydrogen) atoms. The molecule has 0 radical (unpaired) electrons. The van der Waals surface area contributed by atoms with Gasteiger partial charge in [0.05, 0.1) is 16.2 Å². The molecule has 1 heterocycles. The predicted octanol–water partition coefficient (Wildman–Crippen LogP) is 6.43. The van der Waals surface area contributed by atoms with Gasteiger partial charge in [0.15, 0.2) is 15.9 Å². The van der Waals surface area contributed by atoms with Gasteiger partial charge in [0, 0.05) is 23.5 Å². The fraction of sp³-hybridized carbons (Fsp3) is 0.393. The van der Waals surface area contributed by atoms with Gasteiger partial charge in [0.25, 0.3) is 0 Å². The van der Waals surface area contributed by atoms with Crippen LogP contribution in [0.5, 0.6) is 0 Å². The number of benzene rings is 2. The number of ether oxygens (including phenoxy) is 1. The third kappa shape index (κ3) is 4.52. The van der Waals surface area contributed by atoms with Crippen LogP contribution in [-0.4, -0.2) is 30.8 Å². The van der Waals surface area contributed by atoms with Gasteiger partial charge in [0.1, 0.15) is 11.7 Å². The first kappa shape index (κ1) is 26.2. The molecule has 192 valence electrons. The van der Waals surface area contributed by atoms with Crippen LogP contribution in [-0.2, 0) is 19.4 Å². The Balaban J connectivity index is 2.16. The van der Waals surface area contributed by atoms with Crippen LogP contribution in [0.15, 0.2) is 53.0 Å². The molecule has 2 aromatic rings. The van der Waals surface area contributed by atoms with Crippen molar-refractivity contribution in [1.82, 2.24) is 0 Å². The molecule has 0 saturated carbocycles. The predicted molar refractivity (Wildman–Crippen MR) is 134 cm³/mol. The highest BCUT2D eigenvalue weighted by Gasteiger charge is 2.45. The minimum Gasteiger partial charge on any atom is -0.479 e. The van der Waals surface area contributed by atoms with E-state index in [2.05, 4.69) is 0 Å². The molecular weight excluding hydrogens is 486 g/mol. The van der Waals surface area contributed by atoms with E-state index in [1.54, 1.807) is 34.6 Å². The number of carbonyl (C=O) groups is 1. The molecule has 1 aliphatic carbocycles. The lowest BCUT2D eigenvalue weighted by Crippen LogP contribution is -2.34. The van der Waals surface area contributed by atoms with E-state index in [4.69, 9.17) is 4.74 Å². The van der Waals surface area contributed by atoms with Gasteiger partial charge in [0.2, 0.25) is 0 Å². The van der Waals surface area contributed by atoms with Crippen LogP contribution >= 0.6 is 0 Å². The highest BCUT2D eigenvalue weighted by molar-refractivity contribution is 7.91. The van der Waals surface area contributed by atoms with E-state index in [0.717, 1.165) is 17.7 Å². The van der Waals surface area contributed by atoms with E-state index < -0.39 is 56.8 Å². The van der Waals surface area contributed by atoms with Gasteiger partial charge in [-0.25, -0.2) is 22.0 Å². The molecule has 0 aromatic heterocycles. The summed E-state index contributed by atoms with van der Waals surface area (Å²) < 4.78 is 62.4. The Hall–Kier alpha value is -2.84. The van der Waals surface area contributed by atoms with Crippen molar-refractivity contribution < 1.29 is 31.8 Å². The molecule has 0 spiro atoms. The number of aryl methyl sites for hydroxylation is 1. The third-order valence-corrected chi connectivity index (χ3v) is 8.72. The largest absolute Gasteiger partial charge is 0.479 e. The molecule has 2 aromatic carbocycles. The quantitative estimate of drug-likeness (QED) is 0.507. The summed E-state index contributed by atoms with van der Waals surface area (Å²) in [6, 6.07) is 7.38. The Morgan fingerprint density at radius 1 is 1.08 bits per heavy atom. The van der Waals surface area contributed by atoms with Crippen LogP contribution in [0.3, 0.4) is 0 Å². The minimum absolute atomic E-state index is 0.0878. The lowest BCUT2D eigenvalue weighted by molar-refractivity contribution is -0.160. The van der Waals surface area contributed by atoms with Gasteiger partial charge in [-0.05, 0) is 75.4 Å². The summed E-state index contributed by atoms with van der Waals surface area (Å²) in [7, 11) is -4.00. The summed E-state index contributed by atoms with van der Waals surface area (Å²) in [5.41, 5.74) is 2.40. The number of carboxylic acid groups (broad SMARTS) is 1. The first-order valence-electron chi connectivity index (χ1n) is 11.7. The lowest BCUT2D eigenvalue weighted by atomic mass is 9.76. The molecular formula is C28H30F2O5S. The van der Waals surface area contributed by atoms with Gasteiger partial charge < -0.3 is 9.84 Å². The van der Waals surface area contributed by atoms with Crippen molar-refractivity contribution in [3.8, 4) is 11.1 Å². The molecule has 2 aliphatic rings. The standard InChI is InChI=1S/C28H30F2O5S/c1-14-7-9-17(10-8-14)21-15(2)23-24-18(11-19(29)12-20(24)30)13-36(33,34)26(23)16(3)22(21)25(27(31)32)35-28(4,5)6/h7-12,18,24-25H,13H2,1-6H3,(H,31,32)/t18?,24?,25-/m0/s1. The molecule has 2 unspecified atom stereocenters. The lowest BCUT2D eigenvalue weighted by Gasteiger charge is -2.37. The van der Waals surface area contributed by atoms with Crippen LogP contribution < -0.4 is 0 Å². The Morgan fingerprint density at radius 3 is 2.25 bits per heavy atom. The van der Waals surface area contributed by atoms with Crippen molar-refractivity contribution >= 4 is 15.8 Å². The average Bonchev–Trinajstić information content (AvgIpc) is 2.73. The van der Waals surface area contributed by atoms with E-state index in [0.29, 0.717) is 16.7 Å². The van der Waals surface area contributed by atoms with Crippen molar-refractivity contribution in [3.63, 3.8) is 0 Å². The summed E-state index contributed by atoms with van der Waals surface area (Å²) in [5.74, 6) is -5.17. The van der Waals surface area contributed by atoms with Gasteiger partial charge in [-0.3, -0.25) is 0 Å². The Bertz CT molecular complexity index is 1410. The molecule has 0 saturated heterocycles. The highest BCUT2D eigenvalue weighted by Crippen LogP contribution is 2.52. The van der Waals surface area contributed by atoms with Crippen LogP contribution in [0, 0.1) is 26.7 Å². The zero-order chi connectivity index (χ0) is 26.7. The number of sulfone groups is 1. The van der Waals surface area contributed by atoms with Gasteiger partial charge in [-0.2, -0.15) is 0 Å². The second-order valence-corrected chi connectivity index (χ2v) is 12.6. The second kappa shape index (κ2) is 8.92. The van der Waals surface area contributed by atoms with Crippen LogP contribution in [0.2, 0.25) is 0 Å². The molecule has 0 fully saturated rings. The monoisotopic (exact) mass is 516 g/mol. The van der Waals surface area contributed by atoms with Crippen LogP contribution in [0.25, 0.3) is 11.1 Å². The summed E-state index contributed by atoms with van der Waals surface area (Å²) in [4.78, 5) is 12.4. The third-order valence-electron chi connectivity index (χ3n) is 6.74. The van der Waals surface area contributed by atoms with Gasteiger partial charge in [-0.15, -0.1) is 0 Å². The number of aliphatic carboxylic acids is 1. The first-order chi connectivity index (χ1) is 16.6. The number of hydrogen-bond acceptors (Lipinski definition) is 4. The topological polar surface area (TPSA) is 80.7 Å². The van der Waals surface area contributed by atoms with E-state index in [9.17, 15) is 22.7 Å². The first-order valence-corrected chi connectivity index (χ1v) is 13.4. The average molecular weight is 517 g/mol. The van der Waals surface area contributed by atoms with Crippen molar-refractivity contribution in [2.75, 3.05) is 5.75 Å². The molecule has 0 amide bonds. The van der Waals surface area contributed by atoms with Crippen LogP contribution in [0.1, 0.15) is 60.6 Å². The molecule has 8 heteroatoms. The summed E-state index contributed by atoms with van der Waals surface area (Å²) in [6.07, 6.45) is 0.479. The fourth-order valence-electron chi connectivity index (χ4n) is 5.41. The Kier molecular flexibility index (Phi) is 6.50. The molecule has 1 N–H and O–H groups in total. The van der Waals surface area contributed by atoms with Gasteiger partial charge >= 0.3 is 5.97 Å². The zero-order valence-corrected chi connectivity index (χ0v) is 22.0. The Morgan fingerprint density at radius 2 is 1.69 bits per heavy atom. The maximum Gasteiger partial charge on any atom is 0.337 e. The summed E-state index contributed by atoms with van der Waals surface area (Å²) in [6.45, 7) is 10.3. The molecule has 3 atom stereocenters. The number of halogens is 2. The summed E-state index contributed by atoms with van der Waals surface area (Å²) in [5, 5.41) is 10.2.